The first-order valence-corrected chi connectivity index (χ1v) is 9.15. The summed E-state index contributed by atoms with van der Waals surface area (Å²) in [4.78, 5) is 37.0. The zero-order valence-electron chi connectivity index (χ0n) is 15.3. The van der Waals surface area contributed by atoms with Gasteiger partial charge in [0, 0.05) is 25.2 Å². The zero-order chi connectivity index (χ0) is 20.1. The zero-order valence-corrected chi connectivity index (χ0v) is 15.3. The summed E-state index contributed by atoms with van der Waals surface area (Å²) in [5.41, 5.74) is 1.01. The Hall–Kier alpha value is -3.22. The van der Waals surface area contributed by atoms with Crippen LogP contribution in [-0.4, -0.2) is 40.9 Å². The molecule has 0 atom stereocenters. The highest BCUT2D eigenvalue weighted by Crippen LogP contribution is 2.16. The summed E-state index contributed by atoms with van der Waals surface area (Å²) >= 11 is 0. The first-order valence-electron chi connectivity index (χ1n) is 9.15. The van der Waals surface area contributed by atoms with Gasteiger partial charge in [-0.25, -0.2) is 9.18 Å². The molecule has 1 fully saturated rings. The van der Waals surface area contributed by atoms with E-state index in [-0.39, 0.29) is 17.0 Å². The van der Waals surface area contributed by atoms with Crippen molar-refractivity contribution >= 4 is 23.5 Å². The fourth-order valence-corrected chi connectivity index (χ4v) is 3.16. The molecule has 0 aromatic heterocycles. The van der Waals surface area contributed by atoms with Crippen molar-refractivity contribution in [2.75, 3.05) is 18.4 Å². The van der Waals surface area contributed by atoms with Gasteiger partial charge in [-0.15, -0.1) is 0 Å². The van der Waals surface area contributed by atoms with Crippen LogP contribution in [0.25, 0.3) is 0 Å². The molecule has 2 aromatic carbocycles. The highest BCUT2D eigenvalue weighted by Gasteiger charge is 2.17. The molecule has 0 aliphatic carbocycles. The predicted molar refractivity (Wildman–Crippen MR) is 102 cm³/mol. The molecule has 2 N–H and O–H groups in total. The Kier molecular flexibility index (Phi) is 6.03. The Morgan fingerprint density at radius 1 is 1.04 bits per heavy atom. The average molecular weight is 384 g/mol. The highest BCUT2D eigenvalue weighted by atomic mass is 19.1. The van der Waals surface area contributed by atoms with Crippen LogP contribution in [0, 0.1) is 5.82 Å². The number of aromatic carboxylic acids is 1. The number of aryl methyl sites for hydroxylation is 1. The average Bonchev–Trinajstić information content (AvgIpc) is 3.22. The Morgan fingerprint density at radius 3 is 2.32 bits per heavy atom. The third kappa shape index (κ3) is 4.73. The number of carbonyl (C=O) groups is 3. The van der Waals surface area contributed by atoms with Gasteiger partial charge in [0.2, 0.25) is 5.91 Å². The van der Waals surface area contributed by atoms with E-state index in [1.807, 2.05) is 17.0 Å². The number of nitrogens with one attached hydrogen (secondary N) is 1. The summed E-state index contributed by atoms with van der Waals surface area (Å²) < 4.78 is 14.0. The van der Waals surface area contributed by atoms with E-state index in [0.717, 1.165) is 43.6 Å². The van der Waals surface area contributed by atoms with Crippen LogP contribution in [0.4, 0.5) is 10.1 Å². The molecule has 1 aliphatic rings. The maximum Gasteiger partial charge on any atom is 0.335 e. The van der Waals surface area contributed by atoms with Gasteiger partial charge in [-0.3, -0.25) is 9.59 Å². The van der Waals surface area contributed by atoms with Gasteiger partial charge < -0.3 is 15.3 Å². The van der Waals surface area contributed by atoms with E-state index in [9.17, 15) is 18.8 Å². The van der Waals surface area contributed by atoms with Crippen molar-refractivity contribution < 1.29 is 23.9 Å². The standard InChI is InChI=1S/C21H21FN2O4/c22-18-13-15(21(27)28)6-9-17(18)20(26)23-16-7-3-14(4-8-16)5-10-19(25)24-11-1-2-12-24/h3-4,6-9,13H,1-2,5,10-12H2,(H,23,26)(H,27,28). The molecule has 7 heteroatoms. The Morgan fingerprint density at radius 2 is 1.71 bits per heavy atom. The van der Waals surface area contributed by atoms with E-state index in [1.54, 1.807) is 12.1 Å². The van der Waals surface area contributed by atoms with Crippen molar-refractivity contribution in [3.63, 3.8) is 0 Å². The van der Waals surface area contributed by atoms with Crippen molar-refractivity contribution in [3.8, 4) is 0 Å². The molecule has 0 radical (unpaired) electrons. The number of halogens is 1. The first kappa shape index (κ1) is 19.5. The molecule has 28 heavy (non-hydrogen) atoms. The highest BCUT2D eigenvalue weighted by molar-refractivity contribution is 6.05. The summed E-state index contributed by atoms with van der Waals surface area (Å²) in [7, 11) is 0. The molecule has 1 aliphatic heterocycles. The van der Waals surface area contributed by atoms with Crippen molar-refractivity contribution in [2.24, 2.45) is 0 Å². The predicted octanol–water partition coefficient (Wildman–Crippen LogP) is 3.33. The lowest BCUT2D eigenvalue weighted by Gasteiger charge is -2.15. The van der Waals surface area contributed by atoms with E-state index in [0.29, 0.717) is 18.5 Å². The number of likely N-dealkylation sites (tertiary alicyclic amines) is 1. The van der Waals surface area contributed by atoms with Gasteiger partial charge in [0.25, 0.3) is 5.91 Å². The van der Waals surface area contributed by atoms with Crippen LogP contribution >= 0.6 is 0 Å². The van der Waals surface area contributed by atoms with E-state index in [1.165, 1.54) is 6.07 Å². The maximum atomic E-state index is 14.0. The van der Waals surface area contributed by atoms with Gasteiger partial charge >= 0.3 is 5.97 Å². The molecule has 0 saturated carbocycles. The Labute approximate surface area is 162 Å². The second-order valence-corrected chi connectivity index (χ2v) is 6.74. The minimum Gasteiger partial charge on any atom is -0.478 e. The third-order valence-corrected chi connectivity index (χ3v) is 4.76. The van der Waals surface area contributed by atoms with E-state index >= 15 is 0 Å². The van der Waals surface area contributed by atoms with Gasteiger partial charge in [0.15, 0.2) is 0 Å². The minimum atomic E-state index is -1.26. The Balaban J connectivity index is 1.57. The summed E-state index contributed by atoms with van der Waals surface area (Å²) in [5, 5.41) is 11.4. The summed E-state index contributed by atoms with van der Waals surface area (Å²) in [6.07, 6.45) is 3.21. The molecule has 1 saturated heterocycles. The molecule has 146 valence electrons. The monoisotopic (exact) mass is 384 g/mol. The normalized spacial score (nSPS) is 13.4. The molecule has 0 unspecified atom stereocenters. The van der Waals surface area contributed by atoms with Crippen molar-refractivity contribution in [1.29, 1.82) is 0 Å². The van der Waals surface area contributed by atoms with Crippen LogP contribution in [0.3, 0.4) is 0 Å². The first-order chi connectivity index (χ1) is 13.4. The summed E-state index contributed by atoms with van der Waals surface area (Å²) in [5.74, 6) is -2.65. The molecular weight excluding hydrogens is 363 g/mol. The van der Waals surface area contributed by atoms with Gasteiger partial charge in [0.1, 0.15) is 5.82 Å². The van der Waals surface area contributed by atoms with Crippen LogP contribution in [-0.2, 0) is 11.2 Å². The van der Waals surface area contributed by atoms with Gasteiger partial charge in [-0.05, 0) is 55.2 Å². The van der Waals surface area contributed by atoms with Crippen LogP contribution in [0.2, 0.25) is 0 Å². The van der Waals surface area contributed by atoms with E-state index < -0.39 is 17.7 Å². The number of rotatable bonds is 6. The van der Waals surface area contributed by atoms with E-state index in [2.05, 4.69) is 5.32 Å². The third-order valence-electron chi connectivity index (χ3n) is 4.76. The number of amides is 2. The minimum absolute atomic E-state index is 0.162. The lowest BCUT2D eigenvalue weighted by molar-refractivity contribution is -0.130. The molecular formula is C21H21FN2O4. The molecule has 0 bridgehead atoms. The van der Waals surface area contributed by atoms with Crippen LogP contribution in [0.1, 0.15) is 45.5 Å². The van der Waals surface area contributed by atoms with Crippen LogP contribution in [0.15, 0.2) is 42.5 Å². The molecule has 2 aromatic rings. The Bertz CT molecular complexity index is 890. The second kappa shape index (κ2) is 8.65. The lowest BCUT2D eigenvalue weighted by Crippen LogP contribution is -2.27. The van der Waals surface area contributed by atoms with Crippen LogP contribution < -0.4 is 5.32 Å². The summed E-state index contributed by atoms with van der Waals surface area (Å²) in [6.45, 7) is 1.68. The molecule has 0 spiro atoms. The number of carboxylic acids is 1. The van der Waals surface area contributed by atoms with Crippen molar-refractivity contribution in [2.45, 2.75) is 25.7 Å². The second-order valence-electron chi connectivity index (χ2n) is 6.74. The summed E-state index contributed by atoms with van der Waals surface area (Å²) in [6, 6.07) is 10.2. The number of hydrogen-bond donors (Lipinski definition) is 2. The maximum absolute atomic E-state index is 14.0. The number of nitrogens with zero attached hydrogens (tertiary/aromatic N) is 1. The lowest BCUT2D eigenvalue weighted by atomic mass is 10.1. The number of hydrogen-bond acceptors (Lipinski definition) is 3. The van der Waals surface area contributed by atoms with Gasteiger partial charge in [-0.1, -0.05) is 12.1 Å². The fourth-order valence-electron chi connectivity index (χ4n) is 3.16. The topological polar surface area (TPSA) is 86.7 Å². The van der Waals surface area contributed by atoms with Crippen molar-refractivity contribution in [1.82, 2.24) is 4.90 Å². The number of carbonyl (C=O) groups excluding carboxylic acids is 2. The molecule has 3 rings (SSSR count). The molecule has 6 nitrogen and oxygen atoms in total. The number of anilines is 1. The largest absolute Gasteiger partial charge is 0.478 e. The van der Waals surface area contributed by atoms with Crippen LogP contribution in [0.5, 0.6) is 0 Å². The number of carboxylic acid groups (broad SMARTS) is 1. The van der Waals surface area contributed by atoms with Crippen molar-refractivity contribution in [3.05, 3.63) is 65.0 Å². The SMILES string of the molecule is O=C(O)c1ccc(C(=O)Nc2ccc(CCC(=O)N3CCCC3)cc2)c(F)c1. The smallest absolute Gasteiger partial charge is 0.335 e. The molecule has 2 amide bonds. The van der Waals surface area contributed by atoms with Gasteiger partial charge in [0.05, 0.1) is 11.1 Å². The van der Waals surface area contributed by atoms with E-state index in [4.69, 9.17) is 5.11 Å². The quantitative estimate of drug-likeness (QED) is 0.800. The fraction of sp³-hybridized carbons (Fsp3) is 0.286. The van der Waals surface area contributed by atoms with Gasteiger partial charge in [-0.2, -0.15) is 0 Å². The molecule has 1 heterocycles. The number of benzene rings is 2.